The number of nitrogens with zero attached hydrogens (tertiary/aromatic N) is 1. The van der Waals surface area contributed by atoms with E-state index in [9.17, 15) is 4.79 Å². The normalized spacial score (nSPS) is 12.5. The summed E-state index contributed by atoms with van der Waals surface area (Å²) in [6.07, 6.45) is 3.59. The summed E-state index contributed by atoms with van der Waals surface area (Å²) in [6, 6.07) is 0. The molecule has 0 fully saturated rings. The number of carbonyl (C=O) groups is 1. The monoisotopic (exact) mass is 273 g/mol. The molecule has 0 bridgehead atoms. The van der Waals surface area contributed by atoms with E-state index in [2.05, 4.69) is 38.4 Å². The van der Waals surface area contributed by atoms with Crippen LogP contribution < -0.4 is 5.32 Å². The zero-order chi connectivity index (χ0) is 11.3. The smallest absolute Gasteiger partial charge is 0.254 e. The Labute approximate surface area is 98.0 Å². The van der Waals surface area contributed by atoms with Crippen LogP contribution in [-0.2, 0) is 0 Å². The van der Waals surface area contributed by atoms with Crippen molar-refractivity contribution in [2.24, 2.45) is 0 Å². The molecule has 1 rings (SSSR count). The van der Waals surface area contributed by atoms with Gasteiger partial charge in [0, 0.05) is 17.1 Å². The summed E-state index contributed by atoms with van der Waals surface area (Å²) in [5.41, 5.74) is 1.43. The van der Waals surface area contributed by atoms with Crippen LogP contribution in [0.5, 0.6) is 0 Å². The Kier molecular flexibility index (Phi) is 4.81. The highest BCUT2D eigenvalue weighted by molar-refractivity contribution is 9.09. The number of aryl methyl sites for hydroxylation is 1. The Morgan fingerprint density at radius 1 is 1.73 bits per heavy atom. The Hall–Kier alpha value is -0.840. The second-order valence-electron chi connectivity index (χ2n) is 3.59. The molecule has 0 radical (unpaired) electrons. The summed E-state index contributed by atoms with van der Waals surface area (Å²) >= 11 is 3.46. The summed E-state index contributed by atoms with van der Waals surface area (Å²) in [4.78, 5) is 12.1. The summed E-state index contributed by atoms with van der Waals surface area (Å²) in [5.74, 6) is -0.0523. The number of hydrogen-bond donors (Lipinski definition) is 2. The number of nitrogens with one attached hydrogen (secondary N) is 2. The predicted molar refractivity (Wildman–Crippen MR) is 63.3 cm³/mol. The molecule has 1 aromatic rings. The van der Waals surface area contributed by atoms with Gasteiger partial charge < -0.3 is 5.32 Å². The molecule has 0 aromatic carbocycles. The maximum absolute atomic E-state index is 11.6. The van der Waals surface area contributed by atoms with Crippen LogP contribution in [0.25, 0.3) is 0 Å². The summed E-state index contributed by atoms with van der Waals surface area (Å²) in [5, 5.41) is 9.41. The molecule has 4 nitrogen and oxygen atoms in total. The van der Waals surface area contributed by atoms with Crippen molar-refractivity contribution >= 4 is 21.8 Å². The van der Waals surface area contributed by atoms with Gasteiger partial charge >= 0.3 is 0 Å². The zero-order valence-corrected chi connectivity index (χ0v) is 10.6. The fourth-order valence-corrected chi connectivity index (χ4v) is 1.58. The van der Waals surface area contributed by atoms with Crippen molar-refractivity contribution in [3.63, 3.8) is 0 Å². The number of aromatic amines is 1. The van der Waals surface area contributed by atoms with Crippen molar-refractivity contribution in [3.05, 3.63) is 17.5 Å². The molecule has 1 amide bonds. The highest BCUT2D eigenvalue weighted by Gasteiger charge is 2.09. The number of hydrogen-bond acceptors (Lipinski definition) is 2. The van der Waals surface area contributed by atoms with Crippen molar-refractivity contribution < 1.29 is 4.79 Å². The first-order chi connectivity index (χ1) is 7.11. The second kappa shape index (κ2) is 5.90. The van der Waals surface area contributed by atoms with Gasteiger partial charge in [-0.25, -0.2) is 0 Å². The van der Waals surface area contributed by atoms with Crippen LogP contribution in [-0.4, -0.2) is 27.5 Å². The number of rotatable bonds is 5. The molecular weight excluding hydrogens is 258 g/mol. The topological polar surface area (TPSA) is 57.8 Å². The standard InChI is InChI=1S/C10H16BrN3O/c1-7(11)4-3-5-12-10(15)9-6-13-14-8(9)2/h6-7H,3-5H2,1-2H3,(H,12,15)(H,13,14). The third kappa shape index (κ3) is 4.03. The van der Waals surface area contributed by atoms with Crippen molar-refractivity contribution in [2.75, 3.05) is 6.54 Å². The summed E-state index contributed by atoms with van der Waals surface area (Å²) in [7, 11) is 0. The van der Waals surface area contributed by atoms with Gasteiger partial charge in [0.25, 0.3) is 5.91 Å². The number of amides is 1. The van der Waals surface area contributed by atoms with Crippen LogP contribution in [0.1, 0.15) is 35.8 Å². The van der Waals surface area contributed by atoms with E-state index in [0.717, 1.165) is 18.5 Å². The average molecular weight is 274 g/mol. The van der Waals surface area contributed by atoms with E-state index >= 15 is 0 Å². The third-order valence-corrected chi connectivity index (χ3v) is 2.60. The van der Waals surface area contributed by atoms with Gasteiger partial charge in [0.15, 0.2) is 0 Å². The van der Waals surface area contributed by atoms with Gasteiger partial charge in [-0.3, -0.25) is 9.89 Å². The molecule has 0 aliphatic carbocycles. The van der Waals surface area contributed by atoms with Crippen LogP contribution in [0.2, 0.25) is 0 Å². The van der Waals surface area contributed by atoms with E-state index in [1.807, 2.05) is 6.92 Å². The predicted octanol–water partition coefficient (Wildman–Crippen LogP) is 2.01. The number of halogens is 1. The molecule has 0 saturated heterocycles. The molecule has 2 N–H and O–H groups in total. The molecule has 1 aromatic heterocycles. The van der Waals surface area contributed by atoms with Crippen molar-refractivity contribution in [1.29, 1.82) is 0 Å². The van der Waals surface area contributed by atoms with Gasteiger partial charge in [-0.1, -0.05) is 22.9 Å². The van der Waals surface area contributed by atoms with Crippen molar-refractivity contribution in [2.45, 2.75) is 31.5 Å². The SMILES string of the molecule is Cc1[nH]ncc1C(=O)NCCCC(C)Br. The van der Waals surface area contributed by atoms with Crippen LogP contribution in [0, 0.1) is 6.92 Å². The lowest BCUT2D eigenvalue weighted by Gasteiger charge is -2.05. The molecule has 0 saturated carbocycles. The lowest BCUT2D eigenvalue weighted by atomic mass is 10.2. The molecule has 5 heteroatoms. The molecule has 1 unspecified atom stereocenters. The van der Waals surface area contributed by atoms with E-state index in [4.69, 9.17) is 0 Å². The largest absolute Gasteiger partial charge is 0.352 e. The lowest BCUT2D eigenvalue weighted by molar-refractivity contribution is 0.0952. The highest BCUT2D eigenvalue weighted by Crippen LogP contribution is 2.06. The van der Waals surface area contributed by atoms with E-state index in [0.29, 0.717) is 16.9 Å². The van der Waals surface area contributed by atoms with Gasteiger partial charge in [0.2, 0.25) is 0 Å². The Morgan fingerprint density at radius 2 is 2.47 bits per heavy atom. The highest BCUT2D eigenvalue weighted by atomic mass is 79.9. The van der Waals surface area contributed by atoms with E-state index < -0.39 is 0 Å². The first-order valence-corrected chi connectivity index (χ1v) is 5.95. The van der Waals surface area contributed by atoms with Crippen LogP contribution in [0.4, 0.5) is 0 Å². The maximum Gasteiger partial charge on any atom is 0.254 e. The first kappa shape index (κ1) is 12.2. The van der Waals surface area contributed by atoms with E-state index in [1.54, 1.807) is 6.20 Å². The molecule has 84 valence electrons. The summed E-state index contributed by atoms with van der Waals surface area (Å²) in [6.45, 7) is 4.64. The maximum atomic E-state index is 11.6. The Bertz CT molecular complexity index is 322. The fraction of sp³-hybridized carbons (Fsp3) is 0.600. The second-order valence-corrected chi connectivity index (χ2v) is 5.15. The van der Waals surface area contributed by atoms with Crippen molar-refractivity contribution in [1.82, 2.24) is 15.5 Å². The van der Waals surface area contributed by atoms with Crippen LogP contribution in [0.3, 0.4) is 0 Å². The molecule has 0 aliphatic rings. The Morgan fingerprint density at radius 3 is 3.00 bits per heavy atom. The minimum absolute atomic E-state index is 0.0523. The van der Waals surface area contributed by atoms with Gasteiger partial charge in [-0.05, 0) is 19.8 Å². The number of aromatic nitrogens is 2. The van der Waals surface area contributed by atoms with Gasteiger partial charge in [-0.15, -0.1) is 0 Å². The number of H-pyrrole nitrogens is 1. The molecule has 15 heavy (non-hydrogen) atoms. The van der Waals surface area contributed by atoms with Gasteiger partial charge in [-0.2, -0.15) is 5.10 Å². The first-order valence-electron chi connectivity index (χ1n) is 5.03. The fourth-order valence-electron chi connectivity index (χ4n) is 1.26. The third-order valence-electron chi connectivity index (χ3n) is 2.14. The Balaban J connectivity index is 2.28. The van der Waals surface area contributed by atoms with Crippen LogP contribution in [0.15, 0.2) is 6.20 Å². The van der Waals surface area contributed by atoms with Crippen LogP contribution >= 0.6 is 15.9 Å². The molecule has 1 atom stereocenters. The van der Waals surface area contributed by atoms with Gasteiger partial charge in [0.1, 0.15) is 0 Å². The number of alkyl halides is 1. The lowest BCUT2D eigenvalue weighted by Crippen LogP contribution is -2.25. The van der Waals surface area contributed by atoms with Gasteiger partial charge in [0.05, 0.1) is 11.8 Å². The molecule has 1 heterocycles. The average Bonchev–Trinajstić information content (AvgIpc) is 2.58. The zero-order valence-electron chi connectivity index (χ0n) is 9.01. The minimum atomic E-state index is -0.0523. The molecular formula is C10H16BrN3O. The van der Waals surface area contributed by atoms with E-state index in [-0.39, 0.29) is 5.91 Å². The number of carbonyl (C=O) groups excluding carboxylic acids is 1. The quantitative estimate of drug-likeness (QED) is 0.637. The van der Waals surface area contributed by atoms with Crippen molar-refractivity contribution in [3.8, 4) is 0 Å². The molecule has 0 spiro atoms. The molecule has 0 aliphatic heterocycles. The minimum Gasteiger partial charge on any atom is -0.352 e. The summed E-state index contributed by atoms with van der Waals surface area (Å²) < 4.78 is 0. The van der Waals surface area contributed by atoms with E-state index in [1.165, 1.54) is 0 Å².